The van der Waals surface area contributed by atoms with E-state index in [9.17, 15) is 0 Å². The predicted molar refractivity (Wildman–Crippen MR) is 258 cm³/mol. The van der Waals surface area contributed by atoms with E-state index in [2.05, 4.69) is 192 Å². The Labute approximate surface area is 361 Å². The highest BCUT2D eigenvalue weighted by atomic mass is 16.3. The smallest absolute Gasteiger partial charge is 0.153 e. The molecule has 0 aliphatic heterocycles. The summed E-state index contributed by atoms with van der Waals surface area (Å²) in [4.78, 5) is 9.71. The lowest BCUT2D eigenvalue weighted by Gasteiger charge is -2.09. The molecule has 5 heteroatoms. The first-order chi connectivity index (χ1) is 31.2. The topological polar surface area (TPSA) is 57.0 Å². The largest absolute Gasteiger partial charge is 0.456 e. The van der Waals surface area contributed by atoms with Crippen molar-refractivity contribution < 1.29 is 8.83 Å². The summed E-state index contributed by atoms with van der Waals surface area (Å²) in [6.45, 7) is 0. The van der Waals surface area contributed by atoms with Crippen molar-refractivity contribution in [3.05, 3.63) is 213 Å². The summed E-state index contributed by atoms with van der Waals surface area (Å²) in [5.74, 6) is 0. The van der Waals surface area contributed by atoms with Gasteiger partial charge in [0.25, 0.3) is 0 Å². The Hall–Kier alpha value is -8.54. The van der Waals surface area contributed by atoms with Crippen molar-refractivity contribution in [1.82, 2.24) is 14.5 Å². The van der Waals surface area contributed by atoms with Gasteiger partial charge in [0.2, 0.25) is 0 Å². The van der Waals surface area contributed by atoms with E-state index < -0.39 is 0 Å². The summed E-state index contributed by atoms with van der Waals surface area (Å²) < 4.78 is 14.5. The summed E-state index contributed by atoms with van der Waals surface area (Å²) >= 11 is 0. The average Bonchev–Trinajstić information content (AvgIpc) is 4.03. The van der Waals surface area contributed by atoms with Gasteiger partial charge in [0.05, 0.1) is 28.4 Å². The maximum absolute atomic E-state index is 6.14. The number of nitrogens with zero attached hydrogens (tertiary/aromatic N) is 3. The monoisotopic (exact) mass is 805 g/mol. The van der Waals surface area contributed by atoms with Crippen molar-refractivity contribution in [2.75, 3.05) is 0 Å². The second-order valence-corrected chi connectivity index (χ2v) is 16.2. The number of furan rings is 2. The fourth-order valence-corrected chi connectivity index (χ4v) is 9.41. The Kier molecular flexibility index (Phi) is 7.84. The van der Waals surface area contributed by atoms with Crippen LogP contribution >= 0.6 is 0 Å². The zero-order valence-electron chi connectivity index (χ0n) is 33.9. The standard InChI is InChI=1S/C58H35N3O2/c1-2-15-45(16-3-1)61-52-23-19-41(37-10-7-12-39(30-37)42-20-25-55-48(32-42)46-17-4-5-18-54(46)62-55)34-50(52)58-53(61)24-22-51(60-58)44-14-8-13-40(31-44)36-9-6-11-38(29-36)43-21-26-56-49(33-43)47-27-28-59-35-57(47)63-56/h1-35H. The minimum atomic E-state index is 0.798. The molecule has 0 fully saturated rings. The van der Waals surface area contributed by atoms with E-state index in [1.54, 1.807) is 6.20 Å². The zero-order valence-corrected chi connectivity index (χ0v) is 33.9. The molecule has 0 aliphatic rings. The van der Waals surface area contributed by atoms with E-state index in [1.807, 2.05) is 24.4 Å². The van der Waals surface area contributed by atoms with Crippen LogP contribution in [0.1, 0.15) is 0 Å². The highest BCUT2D eigenvalue weighted by Crippen LogP contribution is 2.39. The molecule has 0 spiro atoms. The normalized spacial score (nSPS) is 11.8. The highest BCUT2D eigenvalue weighted by Gasteiger charge is 2.17. The van der Waals surface area contributed by atoms with Crippen LogP contribution in [0.25, 0.3) is 127 Å². The van der Waals surface area contributed by atoms with Gasteiger partial charge in [-0.15, -0.1) is 0 Å². The highest BCUT2D eigenvalue weighted by molar-refractivity contribution is 6.10. The van der Waals surface area contributed by atoms with Crippen molar-refractivity contribution >= 4 is 65.8 Å². The van der Waals surface area contributed by atoms with Gasteiger partial charge in [-0.3, -0.25) is 4.98 Å². The summed E-state index contributed by atoms with van der Waals surface area (Å²) in [6, 6.07) is 71.1. The Balaban J connectivity index is 0.896. The van der Waals surface area contributed by atoms with E-state index in [0.29, 0.717) is 0 Å². The predicted octanol–water partition coefficient (Wildman–Crippen LogP) is 15.7. The summed E-state index contributed by atoms with van der Waals surface area (Å²) in [5.41, 5.74) is 18.8. The number of pyridine rings is 2. The molecule has 0 amide bonds. The first-order valence-corrected chi connectivity index (χ1v) is 21.2. The third kappa shape index (κ3) is 5.86. The number of para-hydroxylation sites is 2. The van der Waals surface area contributed by atoms with E-state index in [1.165, 1.54) is 0 Å². The first kappa shape index (κ1) is 35.2. The van der Waals surface area contributed by atoms with Crippen LogP contribution in [-0.4, -0.2) is 14.5 Å². The molecule has 63 heavy (non-hydrogen) atoms. The van der Waals surface area contributed by atoms with Gasteiger partial charge in [-0.1, -0.05) is 109 Å². The summed E-state index contributed by atoms with van der Waals surface area (Å²) in [5, 5.41) is 5.52. The van der Waals surface area contributed by atoms with Crippen LogP contribution < -0.4 is 0 Å². The SMILES string of the molecule is c1ccc(-n2c3ccc(-c4cccc(-c5ccc6oc7ccccc7c6c5)c4)cc3c3nc(-c4cccc(-c5cccc(-c6ccc7oc8cnccc8c7c6)c5)c4)ccc32)cc1. The van der Waals surface area contributed by atoms with Gasteiger partial charge in [-0.25, -0.2) is 4.98 Å². The van der Waals surface area contributed by atoms with Crippen molar-refractivity contribution in [3.63, 3.8) is 0 Å². The second-order valence-electron chi connectivity index (χ2n) is 16.2. The van der Waals surface area contributed by atoms with E-state index in [-0.39, 0.29) is 0 Å². The minimum absolute atomic E-state index is 0.798. The summed E-state index contributed by atoms with van der Waals surface area (Å²) in [6.07, 6.45) is 3.59. The fraction of sp³-hybridized carbons (Fsp3) is 0. The average molecular weight is 806 g/mol. The molecule has 0 saturated carbocycles. The molecule has 13 rings (SSSR count). The van der Waals surface area contributed by atoms with Crippen LogP contribution in [0.15, 0.2) is 221 Å². The molecule has 0 unspecified atom stereocenters. The lowest BCUT2D eigenvalue weighted by molar-refractivity contribution is 0.667. The van der Waals surface area contributed by atoms with E-state index in [4.69, 9.17) is 13.8 Å². The van der Waals surface area contributed by atoms with Gasteiger partial charge in [0, 0.05) is 44.4 Å². The Bertz CT molecular complexity index is 3930. The third-order valence-electron chi connectivity index (χ3n) is 12.5. The molecule has 5 nitrogen and oxygen atoms in total. The van der Waals surface area contributed by atoms with Crippen molar-refractivity contribution in [1.29, 1.82) is 0 Å². The quantitative estimate of drug-likeness (QED) is 0.168. The molecule has 5 aromatic heterocycles. The number of fused-ring (bicyclic) bond motifs is 9. The minimum Gasteiger partial charge on any atom is -0.456 e. The van der Waals surface area contributed by atoms with Gasteiger partial charge >= 0.3 is 0 Å². The van der Waals surface area contributed by atoms with Gasteiger partial charge < -0.3 is 13.4 Å². The molecule has 13 aromatic rings. The molecular formula is C58H35N3O2. The third-order valence-corrected chi connectivity index (χ3v) is 12.5. The lowest BCUT2D eigenvalue weighted by Crippen LogP contribution is -1.93. The lowest BCUT2D eigenvalue weighted by atomic mass is 9.96. The molecule has 5 heterocycles. The molecule has 0 aliphatic carbocycles. The molecule has 294 valence electrons. The van der Waals surface area contributed by atoms with Crippen LogP contribution in [0.2, 0.25) is 0 Å². The van der Waals surface area contributed by atoms with Gasteiger partial charge in [0.1, 0.15) is 16.7 Å². The number of rotatable bonds is 6. The zero-order chi connectivity index (χ0) is 41.4. The second kappa shape index (κ2) is 14.0. The fourth-order valence-electron chi connectivity index (χ4n) is 9.41. The summed E-state index contributed by atoms with van der Waals surface area (Å²) in [7, 11) is 0. The molecule has 0 atom stereocenters. The molecule has 0 radical (unpaired) electrons. The van der Waals surface area contributed by atoms with Crippen LogP contribution in [0.4, 0.5) is 0 Å². The number of aromatic nitrogens is 3. The van der Waals surface area contributed by atoms with Crippen molar-refractivity contribution in [2.45, 2.75) is 0 Å². The Morgan fingerprint density at radius 2 is 0.841 bits per heavy atom. The first-order valence-electron chi connectivity index (χ1n) is 21.2. The van der Waals surface area contributed by atoms with E-state index in [0.717, 1.165) is 127 Å². The molecule has 0 N–H and O–H groups in total. The number of benzene rings is 8. The maximum Gasteiger partial charge on any atom is 0.153 e. The molecular weight excluding hydrogens is 771 g/mol. The van der Waals surface area contributed by atoms with Crippen molar-refractivity contribution in [2.24, 2.45) is 0 Å². The van der Waals surface area contributed by atoms with Gasteiger partial charge in [-0.2, -0.15) is 0 Å². The molecule has 8 aromatic carbocycles. The number of hydrogen-bond acceptors (Lipinski definition) is 4. The van der Waals surface area contributed by atoms with Gasteiger partial charge in [-0.05, 0) is 136 Å². The Morgan fingerprint density at radius 1 is 0.333 bits per heavy atom. The van der Waals surface area contributed by atoms with Crippen LogP contribution in [0.3, 0.4) is 0 Å². The van der Waals surface area contributed by atoms with Crippen molar-refractivity contribution in [3.8, 4) is 61.5 Å². The van der Waals surface area contributed by atoms with E-state index >= 15 is 0 Å². The van der Waals surface area contributed by atoms with Crippen LogP contribution in [0, 0.1) is 0 Å². The maximum atomic E-state index is 6.14. The van der Waals surface area contributed by atoms with Crippen LogP contribution in [0.5, 0.6) is 0 Å². The Morgan fingerprint density at radius 3 is 1.52 bits per heavy atom. The molecule has 0 bridgehead atoms. The number of hydrogen-bond donors (Lipinski definition) is 0. The van der Waals surface area contributed by atoms with Crippen LogP contribution in [-0.2, 0) is 0 Å². The molecule has 0 saturated heterocycles. The van der Waals surface area contributed by atoms with Gasteiger partial charge in [0.15, 0.2) is 5.58 Å².